The van der Waals surface area contributed by atoms with Crippen LogP contribution in [-0.4, -0.2) is 5.43 Å². The van der Waals surface area contributed by atoms with Crippen LogP contribution in [0.2, 0.25) is 12.1 Å². The van der Waals surface area contributed by atoms with Gasteiger partial charge in [0.15, 0.2) is 0 Å². The van der Waals surface area contributed by atoms with Gasteiger partial charge in [0.1, 0.15) is 0 Å². The molecule has 2 aromatic rings. The molecule has 0 aliphatic heterocycles. The van der Waals surface area contributed by atoms with E-state index < -0.39 is 0 Å². The van der Waals surface area contributed by atoms with Crippen molar-refractivity contribution in [2.75, 3.05) is 0 Å². The van der Waals surface area contributed by atoms with E-state index in [0.29, 0.717) is 0 Å². The Labute approximate surface area is 177 Å². The van der Waals surface area contributed by atoms with Crippen LogP contribution in [0.3, 0.4) is 0 Å². The van der Waals surface area contributed by atoms with Crippen molar-refractivity contribution in [3.8, 4) is 0 Å². The third kappa shape index (κ3) is 14.7. The van der Waals surface area contributed by atoms with Crippen molar-refractivity contribution in [1.29, 1.82) is 0 Å². The zero-order valence-electron chi connectivity index (χ0n) is 16.0. The Morgan fingerprint density at radius 3 is 1.25 bits per heavy atom. The maximum absolute atomic E-state index is 2.30. The summed E-state index contributed by atoms with van der Waals surface area (Å²) in [6.07, 6.45) is 2.83. The second kappa shape index (κ2) is 18.2. The first-order valence-corrected chi connectivity index (χ1v) is 14.0. The molecule has 0 bridgehead atoms. The minimum absolute atomic E-state index is 0. The topological polar surface area (TPSA) is 0 Å². The van der Waals surface area contributed by atoms with Crippen molar-refractivity contribution in [3.05, 3.63) is 58.7 Å². The molecule has 2 rings (SSSR count). The second-order valence-electron chi connectivity index (χ2n) is 5.89. The molecule has 0 N–H and O–H groups in total. The van der Waals surface area contributed by atoms with E-state index in [1.54, 1.807) is 12.1 Å². The molecule has 0 amide bonds. The summed E-state index contributed by atoms with van der Waals surface area (Å²) in [5.74, 6) is 0. The average molecular weight is 463 g/mol. The summed E-state index contributed by atoms with van der Waals surface area (Å²) in [7, 11) is 0. The number of aryl methyl sites for hydroxylation is 4. The first kappa shape index (κ1) is 29.2. The van der Waals surface area contributed by atoms with E-state index in [1.165, 1.54) is 35.1 Å². The molecule has 0 fully saturated rings. The average Bonchev–Trinajstić information content (AvgIpc) is 3.02. The molecule has 0 nitrogen and oxygen atoms in total. The van der Waals surface area contributed by atoms with Crippen molar-refractivity contribution >= 4 is 5.43 Å². The zero-order chi connectivity index (χ0) is 17.0. The summed E-state index contributed by atoms with van der Waals surface area (Å²) in [6, 6.07) is 15.7. The van der Waals surface area contributed by atoms with Gasteiger partial charge >= 0.3 is 67.5 Å². The van der Waals surface area contributed by atoms with Crippen LogP contribution in [0.4, 0.5) is 0 Å². The van der Waals surface area contributed by atoms with Crippen LogP contribution >= 0.6 is 0 Å². The van der Waals surface area contributed by atoms with Gasteiger partial charge in [0, 0.05) is 0 Å². The molecule has 0 heterocycles. The molecule has 0 aromatic heterocycles. The molecule has 0 spiro atoms. The molecular weight excluding hydrogens is 430 g/mol. The summed E-state index contributed by atoms with van der Waals surface area (Å²) in [4.78, 5) is 0. The van der Waals surface area contributed by atoms with E-state index in [4.69, 9.17) is 0 Å². The molecule has 0 saturated carbocycles. The quantitative estimate of drug-likeness (QED) is 0.456. The Balaban J connectivity index is -0.000000265. The fourth-order valence-corrected chi connectivity index (χ4v) is 7.07. The van der Waals surface area contributed by atoms with Gasteiger partial charge in [0.25, 0.3) is 0 Å². The van der Waals surface area contributed by atoms with E-state index >= 15 is 0 Å². The Morgan fingerprint density at radius 2 is 1.12 bits per heavy atom. The van der Waals surface area contributed by atoms with Crippen LogP contribution in [0.1, 0.15) is 48.9 Å². The van der Waals surface area contributed by atoms with Crippen LogP contribution in [0.5, 0.6) is 0 Å². The zero-order valence-corrected chi connectivity index (χ0v) is 21.0. The second-order valence-corrected chi connectivity index (χ2v) is 13.3. The number of hydrogen-bond donors (Lipinski definition) is 0. The van der Waals surface area contributed by atoms with Gasteiger partial charge in [-0.25, -0.2) is 12.1 Å². The molecule has 136 valence electrons. The van der Waals surface area contributed by atoms with Crippen LogP contribution in [0.15, 0.2) is 36.4 Å². The van der Waals surface area contributed by atoms with Crippen LogP contribution < -0.4 is 24.8 Å². The Bertz CT molecular complexity index is 450. The standard InChI is InChI=1S/2C7H9.C6H14Si.2ClH.Zr/c2*1-6-4-3-5-7(6)2;1-3-5-7-6-4-2;;;/h2*3-5H,1-2H3;3-6H2,1-2H3;2*1H;/q2*-1;;;;+2/p-2. The summed E-state index contributed by atoms with van der Waals surface area (Å²) in [5, 5.41) is 0. The largest absolute Gasteiger partial charge is 1.00 e. The first-order valence-electron chi connectivity index (χ1n) is 8.36. The number of hydrogen-bond acceptors (Lipinski definition) is 0. The number of halogens is 2. The molecule has 0 atom stereocenters. The normalized spacial score (nSPS) is 8.67. The van der Waals surface area contributed by atoms with Gasteiger partial charge in [-0.2, -0.15) is 46.5 Å². The third-order valence-corrected chi connectivity index (χ3v) is 9.63. The fourth-order valence-electron chi connectivity index (χ4n) is 1.93. The van der Waals surface area contributed by atoms with Gasteiger partial charge in [0.2, 0.25) is 0 Å². The molecule has 24 heavy (non-hydrogen) atoms. The monoisotopic (exact) mass is 460 g/mol. The summed E-state index contributed by atoms with van der Waals surface area (Å²) >= 11 is 1.84. The maximum atomic E-state index is 2.30. The van der Waals surface area contributed by atoms with Crippen LogP contribution in [0, 0.1) is 27.7 Å². The fraction of sp³-hybridized carbons (Fsp3) is 0.500. The smallest absolute Gasteiger partial charge is 0.0632 e. The van der Waals surface area contributed by atoms with E-state index in [-0.39, 0.29) is 30.2 Å². The molecule has 0 unspecified atom stereocenters. The van der Waals surface area contributed by atoms with E-state index in [0.717, 1.165) is 0 Å². The van der Waals surface area contributed by atoms with Crippen molar-refractivity contribution in [3.63, 3.8) is 0 Å². The van der Waals surface area contributed by atoms with E-state index in [1.807, 2.05) is 23.3 Å². The van der Waals surface area contributed by atoms with Crippen molar-refractivity contribution < 1.29 is 48.1 Å². The Morgan fingerprint density at radius 1 is 0.792 bits per heavy atom. The minimum atomic E-state index is 0. The molecule has 2 aromatic carbocycles. The van der Waals surface area contributed by atoms with Crippen molar-refractivity contribution in [2.45, 2.75) is 66.5 Å². The Kier molecular flexibility index (Phi) is 22.1. The summed E-state index contributed by atoms with van der Waals surface area (Å²) in [6.45, 7) is 13.1. The SMILES string of the molecule is CCC[Si](=[Zr+2])CCC.Cc1cc[cH-]c1C.Cc1cc[cH-]c1C.[Cl-].[Cl-]. The van der Waals surface area contributed by atoms with Gasteiger partial charge in [-0.1, -0.05) is 27.7 Å². The van der Waals surface area contributed by atoms with Gasteiger partial charge in [-0.05, 0) is 0 Å². The molecule has 0 saturated heterocycles. The molecule has 4 heteroatoms. The molecule has 0 radical (unpaired) electrons. The summed E-state index contributed by atoms with van der Waals surface area (Å²) < 4.78 is 0. The van der Waals surface area contributed by atoms with E-state index in [2.05, 4.69) is 77.9 Å². The van der Waals surface area contributed by atoms with Crippen LogP contribution in [0.25, 0.3) is 0 Å². The summed E-state index contributed by atoms with van der Waals surface area (Å²) in [5.41, 5.74) is 5.75. The third-order valence-electron chi connectivity index (χ3n) is 3.73. The van der Waals surface area contributed by atoms with Gasteiger partial charge in [0.05, 0.1) is 0 Å². The van der Waals surface area contributed by atoms with Crippen molar-refractivity contribution in [1.82, 2.24) is 0 Å². The minimum Gasteiger partial charge on any atom is -1.00 e. The Hall–Kier alpha value is 0.380. The van der Waals surface area contributed by atoms with Crippen LogP contribution in [-0.2, 0) is 23.3 Å². The predicted molar refractivity (Wildman–Crippen MR) is 99.0 cm³/mol. The molecule has 0 aliphatic rings. The van der Waals surface area contributed by atoms with E-state index in [9.17, 15) is 0 Å². The maximum Gasteiger partial charge on any atom is -0.0632 e. The number of rotatable bonds is 4. The molecular formula is C20H32Cl2SiZr-2. The van der Waals surface area contributed by atoms with Crippen molar-refractivity contribution in [2.24, 2.45) is 0 Å². The van der Waals surface area contributed by atoms with Gasteiger partial charge < -0.3 is 24.8 Å². The van der Waals surface area contributed by atoms with Gasteiger partial charge in [-0.15, -0.1) is 0 Å². The predicted octanol–water partition coefficient (Wildman–Crippen LogP) is 0.397. The molecule has 0 aliphatic carbocycles. The first-order chi connectivity index (χ1) is 10.4. The van der Waals surface area contributed by atoms with Gasteiger partial charge in [-0.3, -0.25) is 0 Å².